The van der Waals surface area contributed by atoms with E-state index in [0.717, 1.165) is 13.0 Å². The van der Waals surface area contributed by atoms with Crippen molar-refractivity contribution in [1.29, 1.82) is 0 Å². The van der Waals surface area contributed by atoms with Crippen molar-refractivity contribution < 1.29 is 4.74 Å². The summed E-state index contributed by atoms with van der Waals surface area (Å²) in [6.07, 6.45) is 2.92. The molecule has 0 amide bonds. The topological polar surface area (TPSA) is 51.4 Å². The maximum Gasteiger partial charge on any atom is 0.212 e. The van der Waals surface area contributed by atoms with Gasteiger partial charge in [-0.3, -0.25) is 4.90 Å². The number of likely N-dealkylation sites (tertiary alicyclic amines) is 1. The van der Waals surface area contributed by atoms with Crippen LogP contribution < -0.4 is 10.5 Å². The van der Waals surface area contributed by atoms with Gasteiger partial charge in [0.25, 0.3) is 0 Å². The molecule has 2 heterocycles. The highest BCUT2D eigenvalue weighted by Crippen LogP contribution is 2.36. The van der Waals surface area contributed by atoms with E-state index < -0.39 is 0 Å². The second-order valence-electron chi connectivity index (χ2n) is 5.90. The minimum absolute atomic E-state index is 0.124. The Bertz CT molecular complexity index is 396. The molecule has 1 aromatic heterocycles. The number of methoxy groups -OCH3 is 1. The maximum atomic E-state index is 6.27. The van der Waals surface area contributed by atoms with Gasteiger partial charge in [0, 0.05) is 30.4 Å². The summed E-state index contributed by atoms with van der Waals surface area (Å²) in [5.41, 5.74) is 7.57. The molecule has 0 aromatic carbocycles. The molecule has 1 aliphatic heterocycles. The van der Waals surface area contributed by atoms with Crippen molar-refractivity contribution >= 4 is 0 Å². The zero-order valence-corrected chi connectivity index (χ0v) is 11.7. The molecule has 0 aliphatic carbocycles. The Labute approximate surface area is 109 Å². The second kappa shape index (κ2) is 4.86. The van der Waals surface area contributed by atoms with Crippen molar-refractivity contribution in [2.45, 2.75) is 44.8 Å². The molecule has 100 valence electrons. The standard InChI is InChI=1S/C14H23N3O/c1-14(2,3)17-8-7-11(15)13(17)10-5-6-12(18-4)16-9-10/h5-6,9,11,13H,7-8,15H2,1-4H3. The Kier molecular flexibility index (Phi) is 3.59. The molecule has 1 aliphatic rings. The highest BCUT2D eigenvalue weighted by Gasteiger charge is 2.38. The van der Waals surface area contributed by atoms with Gasteiger partial charge >= 0.3 is 0 Å². The van der Waals surface area contributed by atoms with Crippen molar-refractivity contribution in [2.24, 2.45) is 5.73 Å². The molecule has 1 aromatic rings. The van der Waals surface area contributed by atoms with Crippen LogP contribution in [-0.2, 0) is 0 Å². The van der Waals surface area contributed by atoms with Gasteiger partial charge in [-0.05, 0) is 32.8 Å². The van der Waals surface area contributed by atoms with Crippen molar-refractivity contribution in [2.75, 3.05) is 13.7 Å². The van der Waals surface area contributed by atoms with Gasteiger partial charge in [-0.1, -0.05) is 6.07 Å². The smallest absolute Gasteiger partial charge is 0.212 e. The fourth-order valence-corrected chi connectivity index (χ4v) is 2.68. The summed E-state index contributed by atoms with van der Waals surface area (Å²) in [6.45, 7) is 7.74. The largest absolute Gasteiger partial charge is 0.481 e. The number of rotatable bonds is 2. The average molecular weight is 249 g/mol. The van der Waals surface area contributed by atoms with Crippen LogP contribution in [0.3, 0.4) is 0 Å². The number of nitrogens with zero attached hydrogens (tertiary/aromatic N) is 2. The van der Waals surface area contributed by atoms with Gasteiger partial charge in [0.05, 0.1) is 13.2 Å². The number of pyridine rings is 1. The minimum atomic E-state index is 0.124. The lowest BCUT2D eigenvalue weighted by atomic mass is 9.98. The van der Waals surface area contributed by atoms with Crippen LogP contribution in [0.1, 0.15) is 38.8 Å². The number of nitrogens with two attached hydrogens (primary N) is 1. The van der Waals surface area contributed by atoms with Gasteiger partial charge in [0.15, 0.2) is 0 Å². The Hall–Kier alpha value is -1.13. The third-order valence-corrected chi connectivity index (χ3v) is 3.62. The molecule has 0 radical (unpaired) electrons. The van der Waals surface area contributed by atoms with Crippen molar-refractivity contribution in [3.05, 3.63) is 23.9 Å². The van der Waals surface area contributed by atoms with E-state index in [4.69, 9.17) is 10.5 Å². The lowest BCUT2D eigenvalue weighted by Gasteiger charge is -2.38. The lowest BCUT2D eigenvalue weighted by Crippen LogP contribution is -2.43. The SMILES string of the molecule is COc1ccc(C2C(N)CCN2C(C)(C)C)cn1. The van der Waals surface area contributed by atoms with Crippen molar-refractivity contribution in [1.82, 2.24) is 9.88 Å². The summed E-state index contributed by atoms with van der Waals surface area (Å²) in [4.78, 5) is 6.75. The highest BCUT2D eigenvalue weighted by molar-refractivity contribution is 5.24. The first-order chi connectivity index (χ1) is 8.43. The van der Waals surface area contributed by atoms with E-state index in [1.165, 1.54) is 5.56 Å². The molecule has 4 heteroatoms. The van der Waals surface area contributed by atoms with Crippen LogP contribution in [0, 0.1) is 0 Å². The molecule has 2 unspecified atom stereocenters. The molecule has 0 saturated carbocycles. The Balaban J connectivity index is 2.28. The molecule has 18 heavy (non-hydrogen) atoms. The van der Waals surface area contributed by atoms with E-state index in [1.807, 2.05) is 12.3 Å². The van der Waals surface area contributed by atoms with Gasteiger partial charge in [-0.2, -0.15) is 0 Å². The fraction of sp³-hybridized carbons (Fsp3) is 0.643. The summed E-state index contributed by atoms with van der Waals surface area (Å²) in [5, 5.41) is 0. The second-order valence-corrected chi connectivity index (χ2v) is 5.90. The van der Waals surface area contributed by atoms with Gasteiger partial charge in [-0.15, -0.1) is 0 Å². The van der Waals surface area contributed by atoms with Gasteiger partial charge in [0.1, 0.15) is 0 Å². The maximum absolute atomic E-state index is 6.27. The molecular formula is C14H23N3O. The molecule has 2 rings (SSSR count). The van der Waals surface area contributed by atoms with Crippen LogP contribution in [0.4, 0.5) is 0 Å². The fourth-order valence-electron chi connectivity index (χ4n) is 2.68. The van der Waals surface area contributed by atoms with E-state index in [1.54, 1.807) is 7.11 Å². The molecule has 1 fully saturated rings. The monoisotopic (exact) mass is 249 g/mol. The van der Waals surface area contributed by atoms with Gasteiger partial charge in [0.2, 0.25) is 5.88 Å². The van der Waals surface area contributed by atoms with Crippen LogP contribution >= 0.6 is 0 Å². The van der Waals surface area contributed by atoms with Crippen LogP contribution in [0.2, 0.25) is 0 Å². The number of ether oxygens (including phenoxy) is 1. The number of hydrogen-bond donors (Lipinski definition) is 1. The Morgan fingerprint density at radius 3 is 2.61 bits per heavy atom. The highest BCUT2D eigenvalue weighted by atomic mass is 16.5. The molecule has 1 saturated heterocycles. The molecule has 0 spiro atoms. The third-order valence-electron chi connectivity index (χ3n) is 3.62. The number of aromatic nitrogens is 1. The molecule has 0 bridgehead atoms. The quantitative estimate of drug-likeness (QED) is 0.870. The number of hydrogen-bond acceptors (Lipinski definition) is 4. The van der Waals surface area contributed by atoms with Crippen LogP contribution in [0.5, 0.6) is 5.88 Å². The summed E-state index contributed by atoms with van der Waals surface area (Å²) >= 11 is 0. The van der Waals surface area contributed by atoms with Gasteiger partial charge < -0.3 is 10.5 Å². The van der Waals surface area contributed by atoms with Crippen LogP contribution in [0.25, 0.3) is 0 Å². The molecule has 4 nitrogen and oxygen atoms in total. The molecular weight excluding hydrogens is 226 g/mol. The minimum Gasteiger partial charge on any atom is -0.481 e. The Morgan fingerprint density at radius 2 is 2.11 bits per heavy atom. The predicted molar refractivity (Wildman–Crippen MR) is 72.6 cm³/mol. The van der Waals surface area contributed by atoms with E-state index >= 15 is 0 Å². The third kappa shape index (κ3) is 2.49. The molecule has 2 N–H and O–H groups in total. The summed E-state index contributed by atoms with van der Waals surface area (Å²) < 4.78 is 5.10. The van der Waals surface area contributed by atoms with E-state index in [-0.39, 0.29) is 17.6 Å². The average Bonchev–Trinajstić information content (AvgIpc) is 2.71. The first kappa shape index (κ1) is 13.3. The summed E-state index contributed by atoms with van der Waals surface area (Å²) in [6, 6.07) is 4.41. The van der Waals surface area contributed by atoms with E-state index in [2.05, 4.69) is 36.7 Å². The zero-order valence-electron chi connectivity index (χ0n) is 11.7. The lowest BCUT2D eigenvalue weighted by molar-refractivity contribution is 0.117. The van der Waals surface area contributed by atoms with Gasteiger partial charge in [-0.25, -0.2) is 4.98 Å². The van der Waals surface area contributed by atoms with Crippen molar-refractivity contribution in [3.8, 4) is 5.88 Å². The first-order valence-corrected chi connectivity index (χ1v) is 6.46. The van der Waals surface area contributed by atoms with Crippen molar-refractivity contribution in [3.63, 3.8) is 0 Å². The normalized spacial score (nSPS) is 25.4. The predicted octanol–water partition coefficient (Wildman–Crippen LogP) is 1.96. The van der Waals surface area contributed by atoms with Crippen LogP contribution in [0.15, 0.2) is 18.3 Å². The first-order valence-electron chi connectivity index (χ1n) is 6.46. The van der Waals surface area contributed by atoms with E-state index in [9.17, 15) is 0 Å². The summed E-state index contributed by atoms with van der Waals surface area (Å²) in [7, 11) is 1.63. The molecule has 2 atom stereocenters. The van der Waals surface area contributed by atoms with Crippen LogP contribution in [-0.4, -0.2) is 35.1 Å². The Morgan fingerprint density at radius 1 is 1.39 bits per heavy atom. The van der Waals surface area contributed by atoms with E-state index in [0.29, 0.717) is 5.88 Å². The zero-order chi connectivity index (χ0) is 13.3. The summed E-state index contributed by atoms with van der Waals surface area (Å²) in [5.74, 6) is 0.646.